The standard InChI is InChI=1S/C38H46ClN5O5S/c1-26-15-18-44(40-26)19-16-36(45)41-50(47)20-5-3-4-8-34(48-2)31-12-9-29(31)23-43-24-38(17-6-7-27-21-30(39)11-13-32(27)38)25-49-35-14-10-28(22-33(35)43)37(46)42-50/h4,8,10-11,13-15,18,21-22,29,31,34H,3,5-7,9,12,16-17,19-20,23-25H2,1-2H3,(H,41,42,45,46,47)/b8-4-/t29-,31+,34-,38-,50?/m0/s1. The van der Waals surface area contributed by atoms with Crippen molar-refractivity contribution in [3.63, 3.8) is 0 Å². The van der Waals surface area contributed by atoms with E-state index >= 15 is 0 Å². The van der Waals surface area contributed by atoms with Gasteiger partial charge < -0.3 is 14.4 Å². The second kappa shape index (κ2) is 14.5. The Morgan fingerprint density at radius 2 is 2.06 bits per heavy atom. The molecular weight excluding hydrogens is 674 g/mol. The average Bonchev–Trinajstić information content (AvgIpc) is 3.44. The SMILES string of the molecule is CO[C@H]1/C=C\CCCS(=O)(NC(=O)CCn2ccc(C)n2)=NC(=O)c2ccc3c(c2)N(C[C@@H]2CC[C@H]21)C[C@@]1(CCCc2cc(Cl)ccc21)CO3. The quantitative estimate of drug-likeness (QED) is 0.302. The molecule has 1 aromatic heterocycles. The Bertz CT molecular complexity index is 1920. The zero-order valence-electron chi connectivity index (χ0n) is 28.8. The number of methoxy groups -OCH3 is 1. The number of anilines is 1. The molecule has 5 atom stereocenters. The fraction of sp³-hybridized carbons (Fsp3) is 0.500. The molecule has 4 aliphatic rings. The van der Waals surface area contributed by atoms with Gasteiger partial charge in [0.25, 0.3) is 5.91 Å². The Morgan fingerprint density at radius 1 is 1.18 bits per heavy atom. The topological polar surface area (TPSA) is 115 Å². The van der Waals surface area contributed by atoms with Gasteiger partial charge in [-0.1, -0.05) is 29.8 Å². The summed E-state index contributed by atoms with van der Waals surface area (Å²) in [5.41, 5.74) is 4.28. The number of carbonyl (C=O) groups excluding carboxylic acids is 2. The summed E-state index contributed by atoms with van der Waals surface area (Å²) in [5.74, 6) is 0.444. The molecule has 2 bridgehead atoms. The van der Waals surface area contributed by atoms with Crippen molar-refractivity contribution in [2.75, 3.05) is 37.5 Å². The lowest BCUT2D eigenvalue weighted by Crippen LogP contribution is -2.49. The van der Waals surface area contributed by atoms with E-state index in [9.17, 15) is 13.8 Å². The number of carbonyl (C=O) groups is 2. The van der Waals surface area contributed by atoms with Crippen LogP contribution in [0.3, 0.4) is 0 Å². The molecule has 2 aliphatic carbocycles. The van der Waals surface area contributed by atoms with E-state index in [1.54, 1.807) is 24.1 Å². The lowest BCUT2D eigenvalue weighted by molar-refractivity contribution is -0.119. The van der Waals surface area contributed by atoms with Gasteiger partial charge >= 0.3 is 0 Å². The molecule has 10 nitrogen and oxygen atoms in total. The minimum Gasteiger partial charge on any atom is -0.490 e. The summed E-state index contributed by atoms with van der Waals surface area (Å²) >= 11 is 6.45. The molecular formula is C38H46ClN5O5S. The van der Waals surface area contributed by atoms with Crippen LogP contribution in [-0.2, 0) is 37.8 Å². The molecule has 266 valence electrons. The van der Waals surface area contributed by atoms with E-state index in [1.807, 2.05) is 31.2 Å². The maximum absolute atomic E-state index is 14.2. The van der Waals surface area contributed by atoms with Crippen LogP contribution in [0.1, 0.15) is 72.1 Å². The minimum absolute atomic E-state index is 0.0385. The number of hydrogen-bond acceptors (Lipinski definition) is 7. The molecule has 1 unspecified atom stereocenters. The molecule has 1 N–H and O–H groups in total. The van der Waals surface area contributed by atoms with Gasteiger partial charge in [0.2, 0.25) is 5.91 Å². The van der Waals surface area contributed by atoms with Crippen LogP contribution in [0.25, 0.3) is 0 Å². The van der Waals surface area contributed by atoms with Crippen molar-refractivity contribution < 1.29 is 23.3 Å². The molecule has 0 radical (unpaired) electrons. The van der Waals surface area contributed by atoms with Crippen molar-refractivity contribution in [2.45, 2.75) is 76.4 Å². The van der Waals surface area contributed by atoms with Crippen molar-refractivity contribution in [3.05, 3.63) is 88.2 Å². The summed E-state index contributed by atoms with van der Waals surface area (Å²) in [5, 5.41) is 5.07. The van der Waals surface area contributed by atoms with Crippen molar-refractivity contribution >= 4 is 39.0 Å². The lowest BCUT2D eigenvalue weighted by Gasteiger charge is -2.46. The van der Waals surface area contributed by atoms with Gasteiger partial charge in [-0.15, -0.1) is 4.36 Å². The van der Waals surface area contributed by atoms with Crippen LogP contribution in [0.15, 0.2) is 65.2 Å². The van der Waals surface area contributed by atoms with Crippen LogP contribution >= 0.6 is 11.6 Å². The predicted octanol–water partition coefficient (Wildman–Crippen LogP) is 6.44. The Kier molecular flexibility index (Phi) is 10.1. The number of aryl methyl sites for hydroxylation is 3. The van der Waals surface area contributed by atoms with E-state index in [-0.39, 0.29) is 23.7 Å². The van der Waals surface area contributed by atoms with E-state index in [0.717, 1.165) is 61.6 Å². The highest BCUT2D eigenvalue weighted by molar-refractivity contribution is 7.92. The summed E-state index contributed by atoms with van der Waals surface area (Å²) in [6.07, 6.45) is 12.3. The molecule has 50 heavy (non-hydrogen) atoms. The molecule has 12 heteroatoms. The predicted molar refractivity (Wildman–Crippen MR) is 195 cm³/mol. The van der Waals surface area contributed by atoms with Gasteiger partial charge in [0.15, 0.2) is 0 Å². The first-order valence-corrected chi connectivity index (χ1v) is 19.8. The van der Waals surface area contributed by atoms with E-state index in [1.165, 1.54) is 11.1 Å². The molecule has 1 fully saturated rings. The molecule has 2 aromatic carbocycles. The highest BCUT2D eigenvalue weighted by Crippen LogP contribution is 2.47. The Labute approximate surface area is 299 Å². The number of hydrogen-bond donors (Lipinski definition) is 1. The first kappa shape index (κ1) is 34.8. The number of rotatable bonds is 5. The second-order valence-corrected chi connectivity index (χ2v) is 16.8. The molecule has 0 saturated heterocycles. The van der Waals surface area contributed by atoms with Gasteiger partial charge in [-0.2, -0.15) is 5.10 Å². The third kappa shape index (κ3) is 7.36. The number of ether oxygens (including phenoxy) is 2. The molecule has 2 amide bonds. The largest absolute Gasteiger partial charge is 0.490 e. The number of aromatic nitrogens is 2. The van der Waals surface area contributed by atoms with Crippen molar-refractivity contribution in [1.29, 1.82) is 0 Å². The Morgan fingerprint density at radius 3 is 2.84 bits per heavy atom. The number of benzene rings is 2. The van der Waals surface area contributed by atoms with Crippen molar-refractivity contribution in [1.82, 2.24) is 14.5 Å². The Hall–Kier alpha value is -3.67. The van der Waals surface area contributed by atoms with Gasteiger partial charge in [0, 0.05) is 55.4 Å². The normalized spacial score (nSPS) is 28.7. The highest BCUT2D eigenvalue weighted by atomic mass is 35.5. The van der Waals surface area contributed by atoms with Crippen LogP contribution in [0.2, 0.25) is 5.02 Å². The molecule has 1 saturated carbocycles. The van der Waals surface area contributed by atoms with Crippen molar-refractivity contribution in [3.8, 4) is 5.75 Å². The summed E-state index contributed by atoms with van der Waals surface area (Å²) in [6.45, 7) is 4.23. The van der Waals surface area contributed by atoms with E-state index in [0.29, 0.717) is 49.1 Å². The first-order valence-electron chi connectivity index (χ1n) is 17.7. The third-order valence-electron chi connectivity index (χ3n) is 10.9. The molecule has 7 rings (SSSR count). The maximum Gasteiger partial charge on any atom is 0.286 e. The Balaban J connectivity index is 1.24. The molecule has 1 spiro atoms. The fourth-order valence-corrected chi connectivity index (χ4v) is 9.97. The minimum atomic E-state index is -3.42. The maximum atomic E-state index is 14.2. The van der Waals surface area contributed by atoms with Gasteiger partial charge in [0.1, 0.15) is 15.7 Å². The average molecular weight is 720 g/mol. The molecule has 2 aliphatic heterocycles. The number of amides is 2. The first-order chi connectivity index (χ1) is 24.1. The number of halogens is 1. The summed E-state index contributed by atoms with van der Waals surface area (Å²) < 4.78 is 35.4. The molecule has 3 heterocycles. The fourth-order valence-electron chi connectivity index (χ4n) is 8.15. The third-order valence-corrected chi connectivity index (χ3v) is 13.0. The van der Waals surface area contributed by atoms with E-state index < -0.39 is 21.7 Å². The zero-order valence-corrected chi connectivity index (χ0v) is 30.4. The zero-order chi connectivity index (χ0) is 34.9. The number of nitrogens with zero attached hydrogens (tertiary/aromatic N) is 4. The van der Waals surface area contributed by atoms with Crippen LogP contribution in [0.5, 0.6) is 5.75 Å². The monoisotopic (exact) mass is 719 g/mol. The smallest absolute Gasteiger partial charge is 0.286 e. The van der Waals surface area contributed by atoms with Gasteiger partial charge in [-0.3, -0.25) is 19.0 Å². The summed E-state index contributed by atoms with van der Waals surface area (Å²) in [6, 6.07) is 13.5. The van der Waals surface area contributed by atoms with Crippen molar-refractivity contribution in [2.24, 2.45) is 16.2 Å². The lowest BCUT2D eigenvalue weighted by atomic mass is 9.68. The number of fused-ring (bicyclic) bond motifs is 4. The van der Waals surface area contributed by atoms with Crippen LogP contribution in [0.4, 0.5) is 5.69 Å². The van der Waals surface area contributed by atoms with Crippen LogP contribution < -0.4 is 14.4 Å². The van der Waals surface area contributed by atoms with Crippen LogP contribution in [-0.4, -0.2) is 64.5 Å². The van der Waals surface area contributed by atoms with Gasteiger partial charge in [0.05, 0.1) is 29.8 Å². The molecule has 3 aromatic rings. The van der Waals surface area contributed by atoms with E-state index in [2.05, 4.69) is 43.4 Å². The number of allylic oxidation sites excluding steroid dienone is 1. The van der Waals surface area contributed by atoms with Gasteiger partial charge in [-0.25, -0.2) is 4.21 Å². The van der Waals surface area contributed by atoms with Crippen LogP contribution in [0, 0.1) is 18.8 Å². The highest BCUT2D eigenvalue weighted by Gasteiger charge is 2.44. The van der Waals surface area contributed by atoms with Gasteiger partial charge in [-0.05, 0) is 111 Å². The van der Waals surface area contributed by atoms with E-state index in [4.69, 9.17) is 21.1 Å². The number of nitrogens with one attached hydrogen (secondary N) is 1. The second-order valence-electron chi connectivity index (χ2n) is 14.3. The summed E-state index contributed by atoms with van der Waals surface area (Å²) in [7, 11) is -1.65. The summed E-state index contributed by atoms with van der Waals surface area (Å²) in [4.78, 5) is 29.3.